The lowest BCUT2D eigenvalue weighted by Gasteiger charge is -2.27. The summed E-state index contributed by atoms with van der Waals surface area (Å²) in [5, 5.41) is 0. The van der Waals surface area contributed by atoms with Gasteiger partial charge < -0.3 is 15.4 Å². The van der Waals surface area contributed by atoms with Crippen molar-refractivity contribution in [3.8, 4) is 23.1 Å². The smallest absolute Gasteiger partial charge is 0.256 e. The molecule has 170 valence electrons. The first-order valence-corrected chi connectivity index (χ1v) is 10.9. The fraction of sp³-hybridized carbons (Fsp3) is 0.192. The first kappa shape index (κ1) is 21.6. The molecular formula is C26H22FN5O2. The fourth-order valence-electron chi connectivity index (χ4n) is 3.81. The van der Waals surface area contributed by atoms with Gasteiger partial charge in [-0.3, -0.25) is 14.2 Å². The van der Waals surface area contributed by atoms with Crippen molar-refractivity contribution in [2.45, 2.75) is 6.42 Å². The van der Waals surface area contributed by atoms with Crippen molar-refractivity contribution in [3.05, 3.63) is 89.4 Å². The van der Waals surface area contributed by atoms with Crippen molar-refractivity contribution >= 4 is 11.6 Å². The standard InChI is InChI=1S/C26H22FN5O2/c27-23-14-19(6-8-22(23)26(33)31-9-11-34-12-10-31)24-17-32-21(15-30-25(32)16-29-24)7-5-18-3-1-2-4-20(28)13-18/h1-3,6,8,13-17H,4,9-12,28H2. The average Bonchev–Trinajstić information content (AvgIpc) is 3.15. The van der Waals surface area contributed by atoms with Gasteiger partial charge in [0.05, 0.1) is 36.9 Å². The number of hydrogen-bond acceptors (Lipinski definition) is 5. The Morgan fingerprint density at radius 2 is 2.00 bits per heavy atom. The van der Waals surface area contributed by atoms with Crippen molar-refractivity contribution in [2.75, 3.05) is 26.3 Å². The number of allylic oxidation sites excluding steroid dienone is 5. The van der Waals surface area contributed by atoms with Crippen LogP contribution in [0.1, 0.15) is 22.5 Å². The monoisotopic (exact) mass is 455 g/mol. The molecule has 3 aromatic rings. The minimum Gasteiger partial charge on any atom is -0.402 e. The number of carbonyl (C=O) groups excluding carboxylic acids is 1. The van der Waals surface area contributed by atoms with Gasteiger partial charge in [0.15, 0.2) is 5.65 Å². The first-order valence-electron chi connectivity index (χ1n) is 10.9. The fourth-order valence-corrected chi connectivity index (χ4v) is 3.81. The molecule has 0 unspecified atom stereocenters. The molecule has 0 bridgehead atoms. The van der Waals surface area contributed by atoms with Gasteiger partial charge in [-0.15, -0.1) is 0 Å². The number of nitrogens with two attached hydrogens (primary N) is 1. The third-order valence-electron chi connectivity index (χ3n) is 5.63. The maximum atomic E-state index is 14.9. The molecule has 1 aliphatic carbocycles. The van der Waals surface area contributed by atoms with E-state index in [9.17, 15) is 9.18 Å². The number of nitrogens with zero attached hydrogens (tertiary/aromatic N) is 4. The summed E-state index contributed by atoms with van der Waals surface area (Å²) in [4.78, 5) is 23.0. The van der Waals surface area contributed by atoms with Crippen LogP contribution in [0.4, 0.5) is 4.39 Å². The highest BCUT2D eigenvalue weighted by molar-refractivity contribution is 5.95. The van der Waals surface area contributed by atoms with Crippen molar-refractivity contribution in [3.63, 3.8) is 0 Å². The van der Waals surface area contributed by atoms with Crippen LogP contribution in [0.15, 0.2) is 72.4 Å². The van der Waals surface area contributed by atoms with Crippen LogP contribution in [0.3, 0.4) is 0 Å². The molecule has 3 heterocycles. The van der Waals surface area contributed by atoms with Gasteiger partial charge in [0.25, 0.3) is 5.91 Å². The lowest BCUT2D eigenvalue weighted by Crippen LogP contribution is -2.41. The van der Waals surface area contributed by atoms with Gasteiger partial charge in [0.2, 0.25) is 0 Å². The van der Waals surface area contributed by atoms with E-state index in [4.69, 9.17) is 10.5 Å². The number of fused-ring (bicyclic) bond motifs is 1. The highest BCUT2D eigenvalue weighted by Crippen LogP contribution is 2.22. The van der Waals surface area contributed by atoms with Crippen molar-refractivity contribution < 1.29 is 13.9 Å². The van der Waals surface area contributed by atoms with Gasteiger partial charge in [-0.2, -0.15) is 0 Å². The molecule has 0 spiro atoms. The molecular weight excluding hydrogens is 433 g/mol. The van der Waals surface area contributed by atoms with Crippen LogP contribution in [0.25, 0.3) is 16.9 Å². The Labute approximate surface area is 196 Å². The number of amides is 1. The van der Waals surface area contributed by atoms with Crippen molar-refractivity contribution in [1.29, 1.82) is 0 Å². The zero-order valence-electron chi connectivity index (χ0n) is 18.4. The van der Waals surface area contributed by atoms with Crippen LogP contribution >= 0.6 is 0 Å². The quantitative estimate of drug-likeness (QED) is 0.601. The van der Waals surface area contributed by atoms with E-state index in [0.717, 1.165) is 11.3 Å². The summed E-state index contributed by atoms with van der Waals surface area (Å²) in [7, 11) is 0. The van der Waals surface area contributed by atoms with Gasteiger partial charge in [-0.1, -0.05) is 24.1 Å². The normalized spacial score (nSPS) is 15.9. The summed E-state index contributed by atoms with van der Waals surface area (Å²) in [6.07, 6.45) is 13.4. The van der Waals surface area contributed by atoms with E-state index in [1.165, 1.54) is 12.1 Å². The third kappa shape index (κ3) is 4.47. The van der Waals surface area contributed by atoms with Crippen LogP contribution in [0.2, 0.25) is 0 Å². The maximum absolute atomic E-state index is 14.9. The number of aromatic nitrogens is 3. The van der Waals surface area contributed by atoms with Crippen molar-refractivity contribution in [2.24, 2.45) is 5.73 Å². The van der Waals surface area contributed by atoms with E-state index < -0.39 is 5.82 Å². The molecule has 0 radical (unpaired) electrons. The number of benzene rings is 1. The summed E-state index contributed by atoms with van der Waals surface area (Å²) in [6.45, 7) is 1.84. The number of halogens is 1. The average molecular weight is 455 g/mol. The Balaban J connectivity index is 1.44. The summed E-state index contributed by atoms with van der Waals surface area (Å²) in [5.41, 5.74) is 9.92. The lowest BCUT2D eigenvalue weighted by atomic mass is 10.1. The van der Waals surface area contributed by atoms with E-state index in [0.29, 0.717) is 55.3 Å². The number of imidazole rings is 1. The molecule has 2 aliphatic rings. The van der Waals surface area contributed by atoms with Gasteiger partial charge in [0.1, 0.15) is 11.5 Å². The molecule has 2 N–H and O–H groups in total. The van der Waals surface area contributed by atoms with Crippen LogP contribution in [-0.2, 0) is 4.74 Å². The number of ether oxygens (including phenoxy) is 1. The molecule has 8 heteroatoms. The highest BCUT2D eigenvalue weighted by atomic mass is 19.1. The predicted molar refractivity (Wildman–Crippen MR) is 126 cm³/mol. The Morgan fingerprint density at radius 1 is 1.15 bits per heavy atom. The highest BCUT2D eigenvalue weighted by Gasteiger charge is 2.22. The summed E-state index contributed by atoms with van der Waals surface area (Å²) in [6, 6.07) is 4.54. The molecule has 2 aromatic heterocycles. The van der Waals surface area contributed by atoms with Crippen molar-refractivity contribution in [1.82, 2.24) is 19.3 Å². The van der Waals surface area contributed by atoms with E-state index in [1.807, 2.05) is 24.3 Å². The second-order valence-electron chi connectivity index (χ2n) is 7.97. The second-order valence-corrected chi connectivity index (χ2v) is 7.97. The molecule has 1 amide bonds. The molecule has 1 saturated heterocycles. The minimum absolute atomic E-state index is 0.0407. The zero-order valence-corrected chi connectivity index (χ0v) is 18.4. The number of hydrogen-bond donors (Lipinski definition) is 1. The first-order chi connectivity index (χ1) is 16.6. The minimum atomic E-state index is -0.584. The van der Waals surface area contributed by atoms with E-state index in [2.05, 4.69) is 21.8 Å². The van der Waals surface area contributed by atoms with E-state index >= 15 is 0 Å². The Kier molecular flexibility index (Phi) is 5.93. The molecule has 1 aliphatic heterocycles. The molecule has 34 heavy (non-hydrogen) atoms. The molecule has 1 aromatic carbocycles. The summed E-state index contributed by atoms with van der Waals surface area (Å²) < 4.78 is 22.0. The molecule has 0 atom stereocenters. The van der Waals surface area contributed by atoms with Gasteiger partial charge in [0, 0.05) is 42.5 Å². The summed E-state index contributed by atoms with van der Waals surface area (Å²) in [5.74, 6) is 5.32. The Hall–Kier alpha value is -4.22. The van der Waals surface area contributed by atoms with E-state index in [1.54, 1.807) is 34.0 Å². The van der Waals surface area contributed by atoms with Gasteiger partial charge in [-0.25, -0.2) is 9.37 Å². The van der Waals surface area contributed by atoms with Crippen LogP contribution in [0.5, 0.6) is 0 Å². The molecule has 1 fully saturated rings. The second kappa shape index (κ2) is 9.33. The number of carbonyl (C=O) groups is 1. The van der Waals surface area contributed by atoms with Gasteiger partial charge in [-0.05, 0) is 30.2 Å². The number of rotatable bonds is 2. The summed E-state index contributed by atoms with van der Waals surface area (Å²) >= 11 is 0. The van der Waals surface area contributed by atoms with Crippen LogP contribution in [-0.4, -0.2) is 51.5 Å². The van der Waals surface area contributed by atoms with E-state index in [-0.39, 0.29) is 11.5 Å². The Bertz CT molecular complexity index is 1420. The maximum Gasteiger partial charge on any atom is 0.256 e. The predicted octanol–water partition coefficient (Wildman–Crippen LogP) is 3.09. The van der Waals surface area contributed by atoms with Gasteiger partial charge >= 0.3 is 0 Å². The topological polar surface area (TPSA) is 85.8 Å². The molecule has 0 saturated carbocycles. The number of morpholine rings is 1. The largest absolute Gasteiger partial charge is 0.402 e. The molecule has 7 nitrogen and oxygen atoms in total. The third-order valence-corrected chi connectivity index (χ3v) is 5.63. The van der Waals surface area contributed by atoms with Crippen LogP contribution in [0, 0.1) is 17.7 Å². The zero-order chi connectivity index (χ0) is 23.5. The molecule has 5 rings (SSSR count). The van der Waals surface area contributed by atoms with Crippen LogP contribution < -0.4 is 5.73 Å². The lowest BCUT2D eigenvalue weighted by molar-refractivity contribution is 0.0300. The Morgan fingerprint density at radius 3 is 2.82 bits per heavy atom. The SMILES string of the molecule is NC1=CC(C#Cc2cnc3cnc(-c4ccc(C(=O)N5CCOCC5)c(F)c4)cn23)=CC=CC1.